The molecule has 7 amide bonds. The summed E-state index contributed by atoms with van der Waals surface area (Å²) in [4.78, 5) is 89.3. The number of nitrogens with one attached hydrogen (secondary N) is 8. The van der Waals surface area contributed by atoms with E-state index in [2.05, 4.69) is 338 Å². The molecule has 34 nitrogen and oxygen atoms in total. The van der Waals surface area contributed by atoms with E-state index in [4.69, 9.17) is 79.4 Å². The molecule has 1 aromatic heterocycles. The first-order chi connectivity index (χ1) is 67.1. The van der Waals surface area contributed by atoms with E-state index in [-0.39, 0.29) is 138 Å². The van der Waals surface area contributed by atoms with Gasteiger partial charge in [0.15, 0.2) is 0 Å². The summed E-state index contributed by atoms with van der Waals surface area (Å²) in [7, 11) is 0. The van der Waals surface area contributed by atoms with Crippen molar-refractivity contribution in [1.82, 2.24) is 52.2 Å². The highest BCUT2D eigenvalue weighted by atomic mass is 16.7. The van der Waals surface area contributed by atoms with Crippen molar-refractivity contribution >= 4 is 41.8 Å². The van der Waals surface area contributed by atoms with E-state index in [0.717, 1.165) is 38.5 Å². The lowest BCUT2D eigenvalue weighted by atomic mass is 9.76. The highest BCUT2D eigenvalue weighted by Crippen LogP contribution is 2.36. The molecule has 26 N–H and O–H groups in total. The number of carbonyl (C=O) groups is 6. The number of imidazole rings is 1. The fourth-order valence-corrected chi connectivity index (χ4v) is 14.1. The summed E-state index contributed by atoms with van der Waals surface area (Å²) in [5.74, 6) is 8.13. The predicted octanol–water partition coefficient (Wildman–Crippen LogP) is 18.8. The highest BCUT2D eigenvalue weighted by Gasteiger charge is 2.42. The van der Waals surface area contributed by atoms with Gasteiger partial charge in [-0.25, -0.2) is 24.2 Å². The molecule has 2 aromatic rings. The zero-order valence-corrected chi connectivity index (χ0v) is 101. The largest absolute Gasteiger partial charge is 0.443 e. The number of hydrogen-bond acceptors (Lipinski definition) is 25. The van der Waals surface area contributed by atoms with E-state index in [1.165, 1.54) is 60.7 Å². The molecule has 0 radical (unpaired) electrons. The van der Waals surface area contributed by atoms with Crippen LogP contribution >= 0.6 is 0 Å². The predicted molar refractivity (Wildman–Crippen MR) is 611 cm³/mol. The van der Waals surface area contributed by atoms with Crippen LogP contribution in [-0.2, 0) is 14.3 Å². The summed E-state index contributed by atoms with van der Waals surface area (Å²) in [6.45, 7) is 102. The minimum atomic E-state index is -0.551. The number of benzene rings is 1. The van der Waals surface area contributed by atoms with Gasteiger partial charge in [-0.3, -0.25) is 19.7 Å². The second-order valence-corrected chi connectivity index (χ2v) is 43.7. The Bertz CT molecular complexity index is 3420. The van der Waals surface area contributed by atoms with Gasteiger partial charge < -0.3 is 122 Å². The van der Waals surface area contributed by atoms with Crippen LogP contribution in [0.3, 0.4) is 0 Å². The molecule has 1 heterocycles. The van der Waals surface area contributed by atoms with Gasteiger partial charge in [-0.15, -0.1) is 0 Å². The number of nitro benzene ring substituents is 1. The fourth-order valence-electron chi connectivity index (χ4n) is 14.1. The summed E-state index contributed by atoms with van der Waals surface area (Å²) < 4.78 is 12.0. The Morgan fingerprint density at radius 1 is 0.397 bits per heavy atom. The lowest BCUT2D eigenvalue weighted by Gasteiger charge is -2.40. The van der Waals surface area contributed by atoms with Gasteiger partial charge in [0, 0.05) is 115 Å². The third-order valence-corrected chi connectivity index (χ3v) is 32.0. The molecule has 18 unspecified atom stereocenters. The summed E-state index contributed by atoms with van der Waals surface area (Å²) in [6.07, 6.45) is 14.5. The Labute approximate surface area is 891 Å². The molecule has 0 fully saturated rings. The molecule has 870 valence electrons. The van der Waals surface area contributed by atoms with Gasteiger partial charge in [-0.2, -0.15) is 4.73 Å². The quantitative estimate of drug-likeness (QED) is 0.0127. The van der Waals surface area contributed by atoms with Gasteiger partial charge in [0.2, 0.25) is 11.8 Å². The topological polar surface area (TPSA) is 565 Å². The fraction of sp³-hybridized carbons (Fsp3) is 0.848. The van der Waals surface area contributed by atoms with Crippen molar-refractivity contribution in [2.24, 2.45) is 141 Å². The van der Waals surface area contributed by atoms with Crippen molar-refractivity contribution in [3.63, 3.8) is 0 Å². The van der Waals surface area contributed by atoms with Crippen LogP contribution in [0.15, 0.2) is 55.6 Å². The number of amides is 7. The summed E-state index contributed by atoms with van der Waals surface area (Å²) >= 11 is 0. The van der Waals surface area contributed by atoms with Crippen molar-refractivity contribution in [2.45, 2.75) is 426 Å². The second kappa shape index (κ2) is 85.6. The first kappa shape index (κ1) is 159. The maximum atomic E-state index is 12.1. The number of hydrogen-bond donors (Lipinski definition) is 20. The van der Waals surface area contributed by atoms with E-state index in [0.29, 0.717) is 134 Å². The molecule has 0 bridgehead atoms. The number of urea groups is 1. The minimum absolute atomic E-state index is 0.00868. The Kier molecular flexibility index (Phi) is 93.3. The molecule has 146 heavy (non-hydrogen) atoms. The standard InChI is InChI=1S/C16H24N2O4.C14H30N2O2.C13H23N3O2.C12H26N2O2.C12H25NO3.C12H23NO.3C9H21N.3C2H7NO/c1-6-12(4)16(5,11(2)3)17-15(19)22-14-9-7-13(8-10-14)18(20)21;1-6-12(4)14(5,11(2)3)16-13(18)7-8-15-9-10-17;1-6-11(4)13(5,10(2)3)15-12(17)18-16-8-7-14-9-16;1-6-10(4)12(5,9(2)3)14-11(16)13-7-8-15;1-6-10(4)12(5,9(2)3)16-11(15)13-7-8-14;1-7-10(5)12(6,9(3)4)13-11(14)8-2;3*1-6-8(4)9(5,10)7(2)3;3*3-1-2-4/h7-12H,6H2,1-5H3,(H,17,19);11-12,15,17H,6-10H2,1-5H3,(H,16,18);7-11H,6H2,1-5H3,(H,15,17);9-10,15H,6-8H2,1-5H3,(H2,13,14,16);9-10,14H,6-8H2,1-5H3,(H,13,15);8-10H,2,7H2,1,3-6H3,(H,13,14);3*7-8H,6,10H2,1-5H3;3*4H,1-3H2. The van der Waals surface area contributed by atoms with Gasteiger partial charge in [0.05, 0.1) is 50.8 Å². The van der Waals surface area contributed by atoms with Crippen molar-refractivity contribution in [2.75, 3.05) is 85.5 Å². The number of non-ortho nitro benzene ring substituents is 1. The molecule has 0 aliphatic rings. The van der Waals surface area contributed by atoms with E-state index in [1.807, 2.05) is 27.7 Å². The van der Waals surface area contributed by atoms with Crippen LogP contribution in [0.1, 0.15) is 376 Å². The highest BCUT2D eigenvalue weighted by molar-refractivity contribution is 5.87. The van der Waals surface area contributed by atoms with Crippen molar-refractivity contribution in [1.29, 1.82) is 0 Å². The molecule has 34 heteroatoms. The SMILES string of the molecule is C=CC(=O)NC(C)(C(C)C)C(C)CC.CCC(C)C(C)(N)C(C)C.CCC(C)C(C)(N)C(C)C.CCC(C)C(C)(N)C(C)C.CCC(C)C(C)(NC(=O)CCNCCO)C(C)C.CCC(C)C(C)(NC(=O)NCCO)C(C)C.CCC(C)C(C)(NC(=O)Oc1ccc([N+](=O)[O-])cc1)C(C)C.CCC(C)C(C)(NC(=O)On1ccnc1)C(C)C.CCC(C)C(C)(OC(=O)NCCO)C(C)C.NCCO.NCCO.NCCO. The molecule has 1 aromatic carbocycles. The molecule has 0 saturated heterocycles. The second-order valence-electron chi connectivity index (χ2n) is 43.7. The smallest absolute Gasteiger partial charge is 0.432 e. The molecule has 0 aliphatic carbocycles. The number of alkyl carbamates (subject to hydrolysis) is 1. The zero-order chi connectivity index (χ0) is 117. The third-order valence-electron chi connectivity index (χ3n) is 32.0. The van der Waals surface area contributed by atoms with E-state index in [1.54, 1.807) is 12.4 Å². The van der Waals surface area contributed by atoms with Gasteiger partial charge in [0.1, 0.15) is 17.7 Å². The Morgan fingerprint density at radius 2 is 0.692 bits per heavy atom. The van der Waals surface area contributed by atoms with Crippen LogP contribution in [-0.4, -0.2) is 217 Å². The average Bonchev–Trinajstić information content (AvgIpc) is 0.967. The number of carbonyl (C=O) groups excluding carboxylic acids is 6. The number of aromatic nitrogens is 2. The van der Waals surface area contributed by atoms with Crippen molar-refractivity contribution < 1.29 is 78.6 Å². The summed E-state index contributed by atoms with van der Waals surface area (Å²) in [6, 6.07) is 5.23. The monoisotopic (exact) mass is 2090 g/mol. The maximum Gasteiger partial charge on any atom is 0.432 e. The van der Waals surface area contributed by atoms with Crippen LogP contribution in [0.5, 0.6) is 5.75 Å². The molecular formula is C112H235N17O17. The molecule has 0 aliphatic heterocycles. The molecular weight excluding hydrogens is 1860 g/mol. The lowest BCUT2D eigenvalue weighted by molar-refractivity contribution is -0.384. The van der Waals surface area contributed by atoms with Crippen molar-refractivity contribution in [3.8, 4) is 5.75 Å². The van der Waals surface area contributed by atoms with E-state index >= 15 is 0 Å². The van der Waals surface area contributed by atoms with Gasteiger partial charge in [0.25, 0.3) is 5.69 Å². The number of rotatable bonds is 49. The Morgan fingerprint density at radius 3 is 0.945 bits per heavy atom. The first-order valence-electron chi connectivity index (χ1n) is 54.5. The maximum absolute atomic E-state index is 12.1. The zero-order valence-electron chi connectivity index (χ0n) is 101. The van der Waals surface area contributed by atoms with Crippen molar-refractivity contribution in [3.05, 3.63) is 65.8 Å². The summed E-state index contributed by atoms with van der Waals surface area (Å²) in [5.41, 5.74) is 31.0. The Hall–Kier alpha value is -6.93. The first-order valence-corrected chi connectivity index (χ1v) is 54.5. The molecule has 0 saturated carbocycles. The number of nitrogens with zero attached hydrogens (tertiary/aromatic N) is 3. The van der Waals surface area contributed by atoms with Crippen LogP contribution in [0.4, 0.5) is 24.9 Å². The minimum Gasteiger partial charge on any atom is -0.443 e. The van der Waals surface area contributed by atoms with E-state index < -0.39 is 28.8 Å². The Balaban J connectivity index is -0.000000177. The molecule has 18 atom stereocenters. The lowest BCUT2D eigenvalue weighted by Crippen LogP contribution is -2.57. The van der Waals surface area contributed by atoms with Gasteiger partial charge in [-0.1, -0.05) is 307 Å². The average molecular weight is 2090 g/mol. The van der Waals surface area contributed by atoms with Crippen LogP contribution in [0, 0.1) is 117 Å². The molecule has 0 spiro atoms. The van der Waals surface area contributed by atoms with Gasteiger partial charge >= 0.3 is 24.3 Å². The number of ether oxygens (including phenoxy) is 2. The number of nitro groups is 1. The number of aliphatic hydroxyl groups is 6. The van der Waals surface area contributed by atoms with Gasteiger partial charge in [-0.05, 0) is 193 Å². The third kappa shape index (κ3) is 65.3. The van der Waals surface area contributed by atoms with Crippen LogP contribution in [0.2, 0.25) is 0 Å². The van der Waals surface area contributed by atoms with Crippen LogP contribution < -0.4 is 86.5 Å². The van der Waals surface area contributed by atoms with Crippen LogP contribution in [0.25, 0.3) is 0 Å². The number of nitrogens with two attached hydrogens (primary N) is 6. The normalized spacial score (nSPS) is 16.5. The molecule has 2 rings (SSSR count). The number of aliphatic hydroxyl groups excluding tert-OH is 6. The summed E-state index contributed by atoms with van der Waals surface area (Å²) in [5, 5.41) is 83.0. The van der Waals surface area contributed by atoms with E-state index in [9.17, 15) is 38.9 Å².